The Morgan fingerprint density at radius 3 is 1.41 bits per heavy atom. The molecule has 0 aliphatic rings. The molecule has 0 saturated heterocycles. The molecule has 0 saturated carbocycles. The van der Waals surface area contributed by atoms with Crippen molar-refractivity contribution in [2.45, 2.75) is 103 Å². The molecule has 0 radical (unpaired) electrons. The zero-order valence-corrected chi connectivity index (χ0v) is 26.7. The molecule has 0 rings (SSSR count). The van der Waals surface area contributed by atoms with E-state index in [9.17, 15) is 24.0 Å². The van der Waals surface area contributed by atoms with Gasteiger partial charge in [0.05, 0.1) is 32.3 Å². The maximum atomic E-state index is 11.9. The molecule has 1 atom stereocenters. The van der Waals surface area contributed by atoms with Crippen molar-refractivity contribution in [2.24, 2.45) is 5.92 Å². The first-order valence-electron chi connectivity index (χ1n) is 16.2. The van der Waals surface area contributed by atoms with Gasteiger partial charge in [-0.3, -0.25) is 24.0 Å². The van der Waals surface area contributed by atoms with Gasteiger partial charge in [-0.1, -0.05) is 39.0 Å². The van der Waals surface area contributed by atoms with E-state index in [1.165, 1.54) is 0 Å². The maximum absolute atomic E-state index is 11.9. The fourth-order valence-electron chi connectivity index (χ4n) is 4.03. The minimum absolute atomic E-state index is 0. The van der Waals surface area contributed by atoms with Gasteiger partial charge in [-0.05, 0) is 38.5 Å². The predicted molar refractivity (Wildman–Crippen MR) is 167 cm³/mol. The van der Waals surface area contributed by atoms with E-state index in [-0.39, 0.29) is 44.3 Å². The quantitative estimate of drug-likeness (QED) is 0.0688. The highest BCUT2D eigenvalue weighted by atomic mass is 16.5. The van der Waals surface area contributed by atoms with Crippen molar-refractivity contribution in [3.05, 3.63) is 0 Å². The molecule has 0 fully saturated rings. The number of hydrogen-bond donors (Lipinski definition) is 5. The molecule has 0 unspecified atom stereocenters. The molecule has 0 bridgehead atoms. The number of nitrogens with one attached hydrogen (secondary N) is 3. The van der Waals surface area contributed by atoms with Crippen molar-refractivity contribution in [3.8, 4) is 0 Å². The molecule has 0 aromatic carbocycles. The van der Waals surface area contributed by atoms with E-state index in [1.54, 1.807) is 6.92 Å². The highest BCUT2D eigenvalue weighted by Crippen LogP contribution is 2.09. The molecule has 0 aromatic rings. The Morgan fingerprint density at radius 2 is 0.932 bits per heavy atom. The van der Waals surface area contributed by atoms with Crippen LogP contribution in [0.25, 0.3) is 0 Å². The standard InChI is InChI=1S/C31H57N3O10.H2/c1-26(31(40)41)12-8-9-17-32-28(36)15-16-29(37)34-19-11-21-43-23-25-44-24-22-42-20-10-18-33-27(35)13-6-4-2-3-5-7-14-30(38)39;/h26H,2-25H2,1H3,(H,32,36)(H,33,35)(H,34,37)(H,38,39)(H,40,41);1H/t26-;/m0./s1. The van der Waals surface area contributed by atoms with Crippen molar-refractivity contribution in [3.63, 3.8) is 0 Å². The normalized spacial score (nSPS) is 11.6. The molecule has 258 valence electrons. The number of hydrogen-bond acceptors (Lipinski definition) is 8. The molecule has 0 aliphatic heterocycles. The Bertz CT molecular complexity index is 789. The molecular weight excluding hydrogens is 574 g/mol. The first-order chi connectivity index (χ1) is 21.2. The molecule has 44 heavy (non-hydrogen) atoms. The summed E-state index contributed by atoms with van der Waals surface area (Å²) in [6, 6.07) is 0. The van der Waals surface area contributed by atoms with Crippen LogP contribution in [0.15, 0.2) is 0 Å². The second-order valence-electron chi connectivity index (χ2n) is 10.8. The topological polar surface area (TPSA) is 190 Å². The summed E-state index contributed by atoms with van der Waals surface area (Å²) in [5.41, 5.74) is 0. The average molecular weight is 634 g/mol. The number of unbranched alkanes of at least 4 members (excludes halogenated alkanes) is 6. The Hall–Kier alpha value is -2.77. The molecule has 5 N–H and O–H groups in total. The van der Waals surface area contributed by atoms with Gasteiger partial charge in [0, 0.05) is 60.0 Å². The highest BCUT2D eigenvalue weighted by molar-refractivity contribution is 5.83. The lowest BCUT2D eigenvalue weighted by Gasteiger charge is -2.09. The van der Waals surface area contributed by atoms with Gasteiger partial charge in [-0.25, -0.2) is 0 Å². The van der Waals surface area contributed by atoms with E-state index in [0.29, 0.717) is 85.0 Å². The van der Waals surface area contributed by atoms with Crippen LogP contribution in [0.4, 0.5) is 0 Å². The molecule has 13 nitrogen and oxygen atoms in total. The second-order valence-corrected chi connectivity index (χ2v) is 10.8. The third-order valence-electron chi connectivity index (χ3n) is 6.75. The van der Waals surface area contributed by atoms with Gasteiger partial charge in [0.25, 0.3) is 0 Å². The molecular formula is C31H59N3O10. The van der Waals surface area contributed by atoms with Crippen molar-refractivity contribution >= 4 is 29.7 Å². The summed E-state index contributed by atoms with van der Waals surface area (Å²) in [7, 11) is 0. The Kier molecular flexibility index (Phi) is 28.4. The summed E-state index contributed by atoms with van der Waals surface area (Å²) in [5, 5.41) is 25.8. The van der Waals surface area contributed by atoms with Gasteiger partial charge in [0.15, 0.2) is 0 Å². The van der Waals surface area contributed by atoms with Gasteiger partial charge >= 0.3 is 11.9 Å². The molecule has 0 spiro atoms. The zero-order valence-electron chi connectivity index (χ0n) is 26.7. The number of amides is 3. The van der Waals surface area contributed by atoms with E-state index in [1.807, 2.05) is 0 Å². The monoisotopic (exact) mass is 633 g/mol. The predicted octanol–water partition coefficient (Wildman–Crippen LogP) is 3.29. The zero-order chi connectivity index (χ0) is 32.7. The molecule has 0 aliphatic carbocycles. The van der Waals surface area contributed by atoms with Crippen LogP contribution in [0.2, 0.25) is 0 Å². The lowest BCUT2D eigenvalue weighted by Crippen LogP contribution is -2.29. The summed E-state index contributed by atoms with van der Waals surface area (Å²) in [6.45, 7) is 6.04. The van der Waals surface area contributed by atoms with Crippen LogP contribution in [-0.2, 0) is 38.2 Å². The largest absolute Gasteiger partial charge is 0.481 e. The van der Waals surface area contributed by atoms with E-state index < -0.39 is 11.9 Å². The molecule has 0 heterocycles. The summed E-state index contributed by atoms with van der Waals surface area (Å²) < 4.78 is 16.4. The summed E-state index contributed by atoms with van der Waals surface area (Å²) in [6.07, 6.45) is 9.91. The lowest BCUT2D eigenvalue weighted by molar-refractivity contribution is -0.141. The molecule has 3 amide bonds. The number of ether oxygens (including phenoxy) is 3. The molecule has 13 heteroatoms. The second kappa shape index (κ2) is 30.3. The Labute approximate surface area is 264 Å². The number of carboxylic acid groups (broad SMARTS) is 2. The first kappa shape index (κ1) is 41.2. The van der Waals surface area contributed by atoms with Gasteiger partial charge in [-0.2, -0.15) is 0 Å². The van der Waals surface area contributed by atoms with Crippen LogP contribution in [0.3, 0.4) is 0 Å². The number of carbonyl (C=O) groups is 5. The van der Waals surface area contributed by atoms with Gasteiger partial charge in [-0.15, -0.1) is 0 Å². The first-order valence-corrected chi connectivity index (χ1v) is 16.2. The van der Waals surface area contributed by atoms with Crippen molar-refractivity contribution in [2.75, 3.05) is 59.3 Å². The summed E-state index contributed by atoms with van der Waals surface area (Å²) >= 11 is 0. The van der Waals surface area contributed by atoms with Crippen LogP contribution in [0.5, 0.6) is 0 Å². The lowest BCUT2D eigenvalue weighted by atomic mass is 10.0. The van der Waals surface area contributed by atoms with E-state index in [4.69, 9.17) is 24.4 Å². The molecule has 0 aromatic heterocycles. The smallest absolute Gasteiger partial charge is 0.306 e. The van der Waals surface area contributed by atoms with Gasteiger partial charge in [0.1, 0.15) is 0 Å². The van der Waals surface area contributed by atoms with E-state index in [2.05, 4.69) is 16.0 Å². The summed E-state index contributed by atoms with van der Waals surface area (Å²) in [5.74, 6) is -2.26. The number of rotatable bonds is 32. The number of aliphatic carboxylic acids is 2. The van der Waals surface area contributed by atoms with Crippen LogP contribution in [0.1, 0.15) is 105 Å². The SMILES string of the molecule is C[C@@H](CCCCNC(=O)CCC(=O)NCCCOCCOCCOCCCNC(=O)CCCCCCCCC(=O)O)C(=O)O.[HH]. The Balaban J connectivity index is 0. The minimum Gasteiger partial charge on any atom is -0.481 e. The summed E-state index contributed by atoms with van der Waals surface area (Å²) in [4.78, 5) is 56.7. The third-order valence-corrected chi connectivity index (χ3v) is 6.75. The average Bonchev–Trinajstić information content (AvgIpc) is 2.98. The van der Waals surface area contributed by atoms with Crippen LogP contribution < -0.4 is 16.0 Å². The van der Waals surface area contributed by atoms with Crippen molar-refractivity contribution < 1.29 is 49.8 Å². The fourth-order valence-corrected chi connectivity index (χ4v) is 4.03. The van der Waals surface area contributed by atoms with Crippen molar-refractivity contribution in [1.29, 1.82) is 0 Å². The number of carboxylic acids is 2. The van der Waals surface area contributed by atoms with E-state index in [0.717, 1.165) is 51.4 Å². The van der Waals surface area contributed by atoms with Gasteiger partial charge in [0.2, 0.25) is 17.7 Å². The van der Waals surface area contributed by atoms with Crippen molar-refractivity contribution in [1.82, 2.24) is 16.0 Å². The van der Waals surface area contributed by atoms with Crippen LogP contribution in [0, 0.1) is 5.92 Å². The van der Waals surface area contributed by atoms with E-state index >= 15 is 0 Å². The maximum Gasteiger partial charge on any atom is 0.306 e. The minimum atomic E-state index is -0.810. The van der Waals surface area contributed by atoms with Crippen LogP contribution in [-0.4, -0.2) is 99.1 Å². The van der Waals surface area contributed by atoms with Gasteiger partial charge < -0.3 is 40.4 Å². The highest BCUT2D eigenvalue weighted by Gasteiger charge is 2.10. The number of carbonyl (C=O) groups excluding carboxylic acids is 3. The Morgan fingerprint density at radius 1 is 0.523 bits per heavy atom. The van der Waals surface area contributed by atoms with Crippen LogP contribution >= 0.6 is 0 Å². The third kappa shape index (κ3) is 30.7. The fraction of sp³-hybridized carbons (Fsp3) is 0.839.